The molecule has 0 aromatic heterocycles. The lowest BCUT2D eigenvalue weighted by Gasteiger charge is -2.27. The number of benzene rings is 1. The van der Waals surface area contributed by atoms with Crippen LogP contribution < -0.4 is 10.5 Å². The number of ether oxygens (including phenoxy) is 1. The van der Waals surface area contributed by atoms with E-state index in [0.717, 1.165) is 12.0 Å². The van der Waals surface area contributed by atoms with Gasteiger partial charge in [0.25, 0.3) is 0 Å². The SMILES string of the molecule is CC1C[C@H](N)c2ccc(F)cc2O1. The topological polar surface area (TPSA) is 35.2 Å². The van der Waals surface area contributed by atoms with Crippen LogP contribution in [0.25, 0.3) is 0 Å². The predicted octanol–water partition coefficient (Wildman–Crippen LogP) is 2.00. The lowest BCUT2D eigenvalue weighted by molar-refractivity contribution is 0.176. The van der Waals surface area contributed by atoms with Crippen molar-refractivity contribution in [3.05, 3.63) is 29.6 Å². The Bertz CT molecular complexity index is 327. The van der Waals surface area contributed by atoms with E-state index in [1.54, 1.807) is 6.07 Å². The third-order valence-corrected chi connectivity index (χ3v) is 2.29. The second-order valence-electron chi connectivity index (χ2n) is 3.45. The van der Waals surface area contributed by atoms with Gasteiger partial charge in [0.15, 0.2) is 0 Å². The van der Waals surface area contributed by atoms with Crippen LogP contribution >= 0.6 is 0 Å². The minimum atomic E-state index is -0.278. The Hall–Kier alpha value is -1.09. The van der Waals surface area contributed by atoms with Gasteiger partial charge >= 0.3 is 0 Å². The van der Waals surface area contributed by atoms with Gasteiger partial charge < -0.3 is 10.5 Å². The van der Waals surface area contributed by atoms with Crippen molar-refractivity contribution >= 4 is 0 Å². The molecule has 1 aliphatic rings. The van der Waals surface area contributed by atoms with Crippen molar-refractivity contribution in [3.8, 4) is 5.75 Å². The third kappa shape index (κ3) is 1.52. The summed E-state index contributed by atoms with van der Waals surface area (Å²) in [4.78, 5) is 0. The summed E-state index contributed by atoms with van der Waals surface area (Å²) >= 11 is 0. The average molecular weight is 181 g/mol. The lowest BCUT2D eigenvalue weighted by Crippen LogP contribution is -2.27. The maximum absolute atomic E-state index is 12.8. The van der Waals surface area contributed by atoms with Gasteiger partial charge in [0.2, 0.25) is 0 Å². The lowest BCUT2D eigenvalue weighted by atomic mass is 9.98. The Morgan fingerprint density at radius 2 is 2.31 bits per heavy atom. The summed E-state index contributed by atoms with van der Waals surface area (Å²) in [7, 11) is 0. The quantitative estimate of drug-likeness (QED) is 0.664. The van der Waals surface area contributed by atoms with Crippen LogP contribution in [0.2, 0.25) is 0 Å². The molecule has 1 aromatic carbocycles. The van der Waals surface area contributed by atoms with Gasteiger partial charge in [0.05, 0.1) is 6.10 Å². The highest BCUT2D eigenvalue weighted by Crippen LogP contribution is 2.33. The molecule has 1 heterocycles. The predicted molar refractivity (Wildman–Crippen MR) is 48.0 cm³/mol. The van der Waals surface area contributed by atoms with Crippen molar-refractivity contribution in [2.45, 2.75) is 25.5 Å². The van der Waals surface area contributed by atoms with E-state index in [2.05, 4.69) is 0 Å². The zero-order valence-electron chi connectivity index (χ0n) is 7.46. The summed E-state index contributed by atoms with van der Waals surface area (Å²) in [5.41, 5.74) is 6.79. The molecule has 0 saturated heterocycles. The number of hydrogen-bond acceptors (Lipinski definition) is 2. The van der Waals surface area contributed by atoms with E-state index in [4.69, 9.17) is 10.5 Å². The Balaban J connectivity index is 2.43. The van der Waals surface area contributed by atoms with Gasteiger partial charge in [-0.2, -0.15) is 0 Å². The van der Waals surface area contributed by atoms with Crippen molar-refractivity contribution in [1.82, 2.24) is 0 Å². The molecule has 2 N–H and O–H groups in total. The molecule has 3 heteroatoms. The second-order valence-corrected chi connectivity index (χ2v) is 3.45. The van der Waals surface area contributed by atoms with Crippen LogP contribution in [-0.2, 0) is 0 Å². The van der Waals surface area contributed by atoms with Gasteiger partial charge in [-0.25, -0.2) is 4.39 Å². The summed E-state index contributed by atoms with van der Waals surface area (Å²) in [6.45, 7) is 1.94. The zero-order chi connectivity index (χ0) is 9.42. The van der Waals surface area contributed by atoms with Crippen LogP contribution in [0.15, 0.2) is 18.2 Å². The van der Waals surface area contributed by atoms with E-state index in [-0.39, 0.29) is 18.0 Å². The van der Waals surface area contributed by atoms with Crippen molar-refractivity contribution in [3.63, 3.8) is 0 Å². The maximum atomic E-state index is 12.8. The minimum Gasteiger partial charge on any atom is -0.490 e. The largest absolute Gasteiger partial charge is 0.490 e. The molecule has 0 spiro atoms. The van der Waals surface area contributed by atoms with Crippen molar-refractivity contribution in [1.29, 1.82) is 0 Å². The third-order valence-electron chi connectivity index (χ3n) is 2.29. The fourth-order valence-electron chi connectivity index (χ4n) is 1.67. The Labute approximate surface area is 76.5 Å². The van der Waals surface area contributed by atoms with Crippen LogP contribution in [0, 0.1) is 5.82 Å². The highest BCUT2D eigenvalue weighted by atomic mass is 19.1. The first-order valence-corrected chi connectivity index (χ1v) is 4.38. The average Bonchev–Trinajstić information content (AvgIpc) is 2.02. The summed E-state index contributed by atoms with van der Waals surface area (Å²) in [6, 6.07) is 4.48. The number of fused-ring (bicyclic) bond motifs is 1. The van der Waals surface area contributed by atoms with Crippen LogP contribution in [0.1, 0.15) is 24.9 Å². The zero-order valence-corrected chi connectivity index (χ0v) is 7.46. The maximum Gasteiger partial charge on any atom is 0.127 e. The minimum absolute atomic E-state index is 0.0284. The molecule has 0 radical (unpaired) electrons. The molecular weight excluding hydrogens is 169 g/mol. The van der Waals surface area contributed by atoms with Crippen molar-refractivity contribution < 1.29 is 9.13 Å². The molecule has 0 amide bonds. The number of rotatable bonds is 0. The van der Waals surface area contributed by atoms with E-state index >= 15 is 0 Å². The normalized spacial score (nSPS) is 26.4. The van der Waals surface area contributed by atoms with Crippen LogP contribution in [-0.4, -0.2) is 6.10 Å². The van der Waals surface area contributed by atoms with Crippen LogP contribution in [0.4, 0.5) is 4.39 Å². The molecule has 13 heavy (non-hydrogen) atoms. The highest BCUT2D eigenvalue weighted by Gasteiger charge is 2.22. The molecule has 0 saturated carbocycles. The molecule has 1 aliphatic heterocycles. The number of nitrogens with two attached hydrogens (primary N) is 1. The highest BCUT2D eigenvalue weighted by molar-refractivity contribution is 5.38. The molecule has 1 unspecified atom stereocenters. The van der Waals surface area contributed by atoms with Gasteiger partial charge in [-0.05, 0) is 13.0 Å². The van der Waals surface area contributed by atoms with E-state index in [9.17, 15) is 4.39 Å². The van der Waals surface area contributed by atoms with Crippen molar-refractivity contribution in [2.24, 2.45) is 5.73 Å². The molecule has 70 valence electrons. The molecule has 2 nitrogen and oxygen atoms in total. The molecule has 0 bridgehead atoms. The molecule has 2 rings (SSSR count). The van der Waals surface area contributed by atoms with Gasteiger partial charge in [0, 0.05) is 24.1 Å². The number of halogens is 1. The van der Waals surface area contributed by atoms with E-state index < -0.39 is 0 Å². The Morgan fingerprint density at radius 3 is 3.08 bits per heavy atom. The van der Waals surface area contributed by atoms with E-state index in [0.29, 0.717) is 5.75 Å². The van der Waals surface area contributed by atoms with Gasteiger partial charge in [-0.1, -0.05) is 6.07 Å². The van der Waals surface area contributed by atoms with Gasteiger partial charge in [-0.15, -0.1) is 0 Å². The molecule has 2 atom stereocenters. The van der Waals surface area contributed by atoms with E-state index in [1.807, 2.05) is 6.92 Å². The first kappa shape index (κ1) is 8.51. The monoisotopic (exact) mass is 181 g/mol. The first-order valence-electron chi connectivity index (χ1n) is 4.38. The fraction of sp³-hybridized carbons (Fsp3) is 0.400. The summed E-state index contributed by atoms with van der Waals surface area (Å²) < 4.78 is 18.3. The molecular formula is C10H12FNO. The second kappa shape index (κ2) is 3.00. The summed E-state index contributed by atoms with van der Waals surface area (Å²) in [5, 5.41) is 0. The smallest absolute Gasteiger partial charge is 0.127 e. The Kier molecular flexibility index (Phi) is 1.96. The number of hydrogen-bond donors (Lipinski definition) is 1. The van der Waals surface area contributed by atoms with Gasteiger partial charge in [0.1, 0.15) is 11.6 Å². The standard InChI is InChI=1S/C10H12FNO/c1-6-4-9(12)8-3-2-7(11)5-10(8)13-6/h2-3,5-6,9H,4,12H2,1H3/t6?,9-/m0/s1. The first-order chi connectivity index (χ1) is 6.16. The van der Waals surface area contributed by atoms with Crippen LogP contribution in [0.3, 0.4) is 0 Å². The van der Waals surface area contributed by atoms with Crippen LogP contribution in [0.5, 0.6) is 5.75 Å². The van der Waals surface area contributed by atoms with Crippen molar-refractivity contribution in [2.75, 3.05) is 0 Å². The molecule has 0 aliphatic carbocycles. The Morgan fingerprint density at radius 1 is 1.54 bits per heavy atom. The van der Waals surface area contributed by atoms with E-state index in [1.165, 1.54) is 12.1 Å². The summed E-state index contributed by atoms with van der Waals surface area (Å²) in [6.07, 6.45) is 0.864. The summed E-state index contributed by atoms with van der Waals surface area (Å²) in [5.74, 6) is 0.311. The molecule has 0 fully saturated rings. The molecule has 1 aromatic rings. The van der Waals surface area contributed by atoms with Gasteiger partial charge in [-0.3, -0.25) is 0 Å². The fourth-order valence-corrected chi connectivity index (χ4v) is 1.67.